The molecule has 26 heavy (non-hydrogen) atoms. The molecule has 0 aliphatic heterocycles. The Labute approximate surface area is 156 Å². The molecule has 0 bridgehead atoms. The molecule has 1 heterocycles. The van der Waals surface area contributed by atoms with E-state index in [4.69, 9.17) is 9.15 Å². The number of hydrogen-bond acceptors (Lipinski definition) is 3. The molecular weight excluding hydrogens is 324 g/mol. The first-order valence-electron chi connectivity index (χ1n) is 9.40. The standard InChI is InChI=1S/C23H30O3/c1-6-8-19-15-22(24)26-23-18(5)21(12-11-20(19)23)25-14-13-17(4)10-7-9-16(2)3/h9,11-13,15H,6-8,10,14H2,1-5H3/b17-13+. The summed E-state index contributed by atoms with van der Waals surface area (Å²) in [6.07, 6.45) is 8.33. The van der Waals surface area contributed by atoms with Crippen LogP contribution in [0.1, 0.15) is 58.1 Å². The van der Waals surface area contributed by atoms with Gasteiger partial charge in [0.25, 0.3) is 0 Å². The van der Waals surface area contributed by atoms with Crippen molar-refractivity contribution < 1.29 is 9.15 Å². The van der Waals surface area contributed by atoms with Crippen LogP contribution in [0.3, 0.4) is 0 Å². The van der Waals surface area contributed by atoms with Crippen molar-refractivity contribution in [3.63, 3.8) is 0 Å². The van der Waals surface area contributed by atoms with E-state index in [-0.39, 0.29) is 5.63 Å². The molecule has 0 fully saturated rings. The smallest absolute Gasteiger partial charge is 0.336 e. The third-order valence-corrected chi connectivity index (χ3v) is 4.48. The van der Waals surface area contributed by atoms with Gasteiger partial charge in [0.05, 0.1) is 0 Å². The molecule has 140 valence electrons. The highest BCUT2D eigenvalue weighted by Crippen LogP contribution is 2.29. The van der Waals surface area contributed by atoms with E-state index in [0.717, 1.165) is 47.9 Å². The third kappa shape index (κ3) is 5.35. The van der Waals surface area contributed by atoms with Gasteiger partial charge in [-0.25, -0.2) is 4.79 Å². The second kappa shape index (κ2) is 9.42. The fourth-order valence-electron chi connectivity index (χ4n) is 3.00. The van der Waals surface area contributed by atoms with Crippen molar-refractivity contribution in [2.24, 2.45) is 0 Å². The number of ether oxygens (including phenoxy) is 1. The largest absolute Gasteiger partial charge is 0.489 e. The number of aryl methyl sites for hydroxylation is 2. The van der Waals surface area contributed by atoms with Gasteiger partial charge in [0.2, 0.25) is 0 Å². The van der Waals surface area contributed by atoms with E-state index >= 15 is 0 Å². The molecule has 1 aromatic heterocycles. The summed E-state index contributed by atoms with van der Waals surface area (Å²) < 4.78 is 11.4. The lowest BCUT2D eigenvalue weighted by atomic mass is 10.0. The minimum Gasteiger partial charge on any atom is -0.489 e. The van der Waals surface area contributed by atoms with Gasteiger partial charge in [-0.15, -0.1) is 0 Å². The van der Waals surface area contributed by atoms with Crippen molar-refractivity contribution in [2.75, 3.05) is 6.61 Å². The maximum atomic E-state index is 11.9. The number of hydrogen-bond donors (Lipinski definition) is 0. The Kier molecular flexibility index (Phi) is 7.26. The molecule has 0 atom stereocenters. The predicted molar refractivity (Wildman–Crippen MR) is 109 cm³/mol. The van der Waals surface area contributed by atoms with Crippen LogP contribution < -0.4 is 10.4 Å². The van der Waals surface area contributed by atoms with Gasteiger partial charge >= 0.3 is 5.63 Å². The van der Waals surface area contributed by atoms with E-state index in [1.807, 2.05) is 19.1 Å². The molecule has 0 saturated carbocycles. The highest BCUT2D eigenvalue weighted by atomic mass is 16.5. The number of benzene rings is 1. The minimum atomic E-state index is -0.295. The van der Waals surface area contributed by atoms with Gasteiger partial charge in [0.1, 0.15) is 17.9 Å². The fourth-order valence-corrected chi connectivity index (χ4v) is 3.00. The Morgan fingerprint density at radius 3 is 2.65 bits per heavy atom. The van der Waals surface area contributed by atoms with Crippen LogP contribution in [-0.4, -0.2) is 6.61 Å². The van der Waals surface area contributed by atoms with Gasteiger partial charge in [-0.3, -0.25) is 0 Å². The number of fused-ring (bicyclic) bond motifs is 1. The van der Waals surface area contributed by atoms with Gasteiger partial charge < -0.3 is 9.15 Å². The van der Waals surface area contributed by atoms with Crippen LogP contribution in [0.4, 0.5) is 0 Å². The molecule has 0 amide bonds. The first-order chi connectivity index (χ1) is 12.4. The lowest BCUT2D eigenvalue weighted by Crippen LogP contribution is -2.03. The lowest BCUT2D eigenvalue weighted by Gasteiger charge is -2.11. The van der Waals surface area contributed by atoms with Gasteiger partial charge in [-0.2, -0.15) is 0 Å². The fraction of sp³-hybridized carbons (Fsp3) is 0.435. The molecule has 0 aliphatic rings. The molecule has 0 saturated heterocycles. The number of rotatable bonds is 8. The van der Waals surface area contributed by atoms with Crippen LogP contribution in [0, 0.1) is 6.92 Å². The van der Waals surface area contributed by atoms with Gasteiger partial charge in [-0.1, -0.05) is 30.6 Å². The van der Waals surface area contributed by atoms with E-state index in [1.165, 1.54) is 11.1 Å². The van der Waals surface area contributed by atoms with Crippen LogP contribution >= 0.6 is 0 Å². The van der Waals surface area contributed by atoms with Crippen molar-refractivity contribution in [3.05, 3.63) is 63.0 Å². The summed E-state index contributed by atoms with van der Waals surface area (Å²) in [4.78, 5) is 11.9. The van der Waals surface area contributed by atoms with Crippen molar-refractivity contribution >= 4 is 11.0 Å². The van der Waals surface area contributed by atoms with Crippen LogP contribution in [0.15, 0.2) is 50.7 Å². The first-order valence-corrected chi connectivity index (χ1v) is 9.40. The van der Waals surface area contributed by atoms with Crippen LogP contribution in [0.2, 0.25) is 0 Å². The van der Waals surface area contributed by atoms with E-state index in [1.54, 1.807) is 6.07 Å². The molecule has 2 rings (SSSR count). The Morgan fingerprint density at radius 1 is 1.19 bits per heavy atom. The molecule has 3 nitrogen and oxygen atoms in total. The molecule has 3 heteroatoms. The zero-order valence-corrected chi connectivity index (χ0v) is 16.6. The number of allylic oxidation sites excluding steroid dienone is 3. The molecular formula is C23H30O3. The Balaban J connectivity index is 2.14. The van der Waals surface area contributed by atoms with E-state index < -0.39 is 0 Å². The molecule has 2 aromatic rings. The summed E-state index contributed by atoms with van der Waals surface area (Å²) in [6, 6.07) is 5.57. The topological polar surface area (TPSA) is 39.4 Å². The van der Waals surface area contributed by atoms with E-state index in [2.05, 4.69) is 39.8 Å². The maximum absolute atomic E-state index is 11.9. The highest BCUT2D eigenvalue weighted by Gasteiger charge is 2.11. The first kappa shape index (κ1) is 20.0. The average Bonchev–Trinajstić information content (AvgIpc) is 2.57. The van der Waals surface area contributed by atoms with Crippen LogP contribution in [0.25, 0.3) is 11.0 Å². The maximum Gasteiger partial charge on any atom is 0.336 e. The minimum absolute atomic E-state index is 0.295. The second-order valence-corrected chi connectivity index (χ2v) is 7.09. The van der Waals surface area contributed by atoms with Crippen molar-refractivity contribution in [2.45, 2.75) is 60.3 Å². The quantitative estimate of drug-likeness (QED) is 0.423. The van der Waals surface area contributed by atoms with Gasteiger partial charge in [0.15, 0.2) is 0 Å². The van der Waals surface area contributed by atoms with Gasteiger partial charge in [0, 0.05) is 17.0 Å². The summed E-state index contributed by atoms with van der Waals surface area (Å²) in [5.41, 5.74) is 4.94. The van der Waals surface area contributed by atoms with Crippen LogP contribution in [-0.2, 0) is 6.42 Å². The SMILES string of the molecule is CCCc1cc(=O)oc2c(C)c(OC/C=C(\C)CCC=C(C)C)ccc12. The molecule has 0 unspecified atom stereocenters. The third-order valence-electron chi connectivity index (χ3n) is 4.48. The monoisotopic (exact) mass is 354 g/mol. The van der Waals surface area contributed by atoms with Crippen LogP contribution in [0.5, 0.6) is 5.75 Å². The Morgan fingerprint density at radius 2 is 1.96 bits per heavy atom. The average molecular weight is 354 g/mol. The van der Waals surface area contributed by atoms with Crippen molar-refractivity contribution in [1.82, 2.24) is 0 Å². The summed E-state index contributed by atoms with van der Waals surface area (Å²) in [6.45, 7) is 10.9. The zero-order chi connectivity index (χ0) is 19.1. The highest BCUT2D eigenvalue weighted by molar-refractivity contribution is 5.84. The molecule has 1 aromatic carbocycles. The summed E-state index contributed by atoms with van der Waals surface area (Å²) in [7, 11) is 0. The molecule has 0 spiro atoms. The molecule has 0 N–H and O–H groups in total. The zero-order valence-electron chi connectivity index (χ0n) is 16.6. The lowest BCUT2D eigenvalue weighted by molar-refractivity contribution is 0.358. The molecule has 0 radical (unpaired) electrons. The normalized spacial score (nSPS) is 11.7. The Hall–Kier alpha value is -2.29. The van der Waals surface area contributed by atoms with E-state index in [0.29, 0.717) is 12.2 Å². The Bertz CT molecular complexity index is 865. The second-order valence-electron chi connectivity index (χ2n) is 7.09. The summed E-state index contributed by atoms with van der Waals surface area (Å²) in [5.74, 6) is 0.766. The van der Waals surface area contributed by atoms with Gasteiger partial charge in [-0.05, 0) is 70.7 Å². The summed E-state index contributed by atoms with van der Waals surface area (Å²) in [5, 5.41) is 1.00. The van der Waals surface area contributed by atoms with Crippen molar-refractivity contribution in [3.8, 4) is 5.75 Å². The predicted octanol–water partition coefficient (Wildman–Crippen LogP) is 6.13. The molecule has 0 aliphatic carbocycles. The summed E-state index contributed by atoms with van der Waals surface area (Å²) >= 11 is 0. The van der Waals surface area contributed by atoms with Crippen molar-refractivity contribution in [1.29, 1.82) is 0 Å². The van der Waals surface area contributed by atoms with E-state index in [9.17, 15) is 4.79 Å².